The van der Waals surface area contributed by atoms with Crippen LogP contribution in [0.25, 0.3) is 11.1 Å². The molecule has 0 bridgehead atoms. The Morgan fingerprint density at radius 2 is 1.80 bits per heavy atom. The van der Waals surface area contributed by atoms with Crippen molar-refractivity contribution >= 4 is 5.97 Å². The molecular formula is C15H12F2O3. The molecule has 0 atom stereocenters. The monoisotopic (exact) mass is 278 g/mol. The first-order valence-corrected chi connectivity index (χ1v) is 5.78. The molecule has 20 heavy (non-hydrogen) atoms. The second-order valence-electron chi connectivity index (χ2n) is 4.07. The van der Waals surface area contributed by atoms with Gasteiger partial charge in [-0.1, -0.05) is 0 Å². The van der Waals surface area contributed by atoms with E-state index in [0.717, 1.165) is 12.1 Å². The van der Waals surface area contributed by atoms with Crippen LogP contribution in [0.4, 0.5) is 8.78 Å². The van der Waals surface area contributed by atoms with Crippen LogP contribution in [-0.4, -0.2) is 20.2 Å². The SMILES string of the molecule is COC(=O)c1cc(F)cc(-c2ccc(OC)cc2F)c1. The average molecular weight is 278 g/mol. The van der Waals surface area contributed by atoms with Crippen LogP contribution in [0.5, 0.6) is 5.75 Å². The molecule has 0 amide bonds. The number of rotatable bonds is 3. The van der Waals surface area contributed by atoms with Crippen LogP contribution in [0.3, 0.4) is 0 Å². The van der Waals surface area contributed by atoms with E-state index in [0.29, 0.717) is 5.75 Å². The molecule has 0 saturated carbocycles. The molecule has 0 aliphatic carbocycles. The van der Waals surface area contributed by atoms with Crippen LogP contribution in [0.2, 0.25) is 0 Å². The number of carbonyl (C=O) groups is 1. The minimum atomic E-state index is -0.681. The molecule has 0 spiro atoms. The van der Waals surface area contributed by atoms with Crippen molar-refractivity contribution in [2.45, 2.75) is 0 Å². The highest BCUT2D eigenvalue weighted by molar-refractivity contribution is 5.91. The fraction of sp³-hybridized carbons (Fsp3) is 0.133. The van der Waals surface area contributed by atoms with Gasteiger partial charge < -0.3 is 9.47 Å². The third-order valence-electron chi connectivity index (χ3n) is 2.81. The number of hydrogen-bond acceptors (Lipinski definition) is 3. The van der Waals surface area contributed by atoms with Gasteiger partial charge in [0.1, 0.15) is 17.4 Å². The predicted octanol–water partition coefficient (Wildman–Crippen LogP) is 3.43. The number of methoxy groups -OCH3 is 2. The minimum absolute atomic E-state index is 0.0257. The van der Waals surface area contributed by atoms with E-state index in [9.17, 15) is 13.6 Å². The number of ether oxygens (including phenoxy) is 2. The van der Waals surface area contributed by atoms with Gasteiger partial charge in [0.05, 0.1) is 19.8 Å². The van der Waals surface area contributed by atoms with Crippen molar-refractivity contribution in [2.75, 3.05) is 14.2 Å². The van der Waals surface area contributed by atoms with Gasteiger partial charge in [0.25, 0.3) is 0 Å². The first-order valence-electron chi connectivity index (χ1n) is 5.78. The standard InChI is InChI=1S/C15H12F2O3/c1-19-12-3-4-13(14(17)8-12)9-5-10(15(18)20-2)7-11(16)6-9/h3-8H,1-2H3. The van der Waals surface area contributed by atoms with Crippen LogP contribution >= 0.6 is 0 Å². The van der Waals surface area contributed by atoms with E-state index in [4.69, 9.17) is 4.74 Å². The van der Waals surface area contributed by atoms with Crippen molar-refractivity contribution in [3.63, 3.8) is 0 Å². The molecule has 2 aromatic carbocycles. The van der Waals surface area contributed by atoms with Gasteiger partial charge in [-0.3, -0.25) is 0 Å². The Balaban J connectivity index is 2.52. The Morgan fingerprint density at radius 3 is 2.40 bits per heavy atom. The summed E-state index contributed by atoms with van der Waals surface area (Å²) in [6.45, 7) is 0. The van der Waals surface area contributed by atoms with E-state index in [2.05, 4.69) is 4.74 Å². The predicted molar refractivity (Wildman–Crippen MR) is 69.7 cm³/mol. The van der Waals surface area contributed by atoms with E-state index < -0.39 is 17.6 Å². The highest BCUT2D eigenvalue weighted by Crippen LogP contribution is 2.27. The molecule has 104 valence electrons. The third kappa shape index (κ3) is 2.77. The lowest BCUT2D eigenvalue weighted by Gasteiger charge is -2.08. The quantitative estimate of drug-likeness (QED) is 0.807. The van der Waals surface area contributed by atoms with Crippen LogP contribution < -0.4 is 4.74 Å². The zero-order valence-electron chi connectivity index (χ0n) is 10.9. The lowest BCUT2D eigenvalue weighted by molar-refractivity contribution is 0.0600. The average Bonchev–Trinajstić information content (AvgIpc) is 2.45. The van der Waals surface area contributed by atoms with E-state index >= 15 is 0 Å². The Labute approximate surface area is 114 Å². The summed E-state index contributed by atoms with van der Waals surface area (Å²) < 4.78 is 36.9. The molecule has 0 N–H and O–H groups in total. The summed E-state index contributed by atoms with van der Waals surface area (Å²) in [5.41, 5.74) is 0.457. The summed E-state index contributed by atoms with van der Waals surface area (Å²) in [4.78, 5) is 11.4. The first kappa shape index (κ1) is 14.0. The summed E-state index contributed by atoms with van der Waals surface area (Å²) in [5, 5.41) is 0. The summed E-state index contributed by atoms with van der Waals surface area (Å²) in [6, 6.07) is 7.77. The summed E-state index contributed by atoms with van der Waals surface area (Å²) in [6.07, 6.45) is 0. The van der Waals surface area contributed by atoms with E-state index in [-0.39, 0.29) is 16.7 Å². The lowest BCUT2D eigenvalue weighted by Crippen LogP contribution is -2.02. The highest BCUT2D eigenvalue weighted by Gasteiger charge is 2.13. The fourth-order valence-electron chi connectivity index (χ4n) is 1.84. The molecule has 0 aliphatic rings. The number of esters is 1. The van der Waals surface area contributed by atoms with Gasteiger partial charge in [0.15, 0.2) is 0 Å². The molecule has 0 aromatic heterocycles. The summed E-state index contributed by atoms with van der Waals surface area (Å²) >= 11 is 0. The second kappa shape index (κ2) is 5.69. The van der Waals surface area contributed by atoms with Crippen LogP contribution in [-0.2, 0) is 4.74 Å². The van der Waals surface area contributed by atoms with Crippen molar-refractivity contribution in [3.8, 4) is 16.9 Å². The molecule has 0 aliphatic heterocycles. The van der Waals surface area contributed by atoms with Gasteiger partial charge in [-0.2, -0.15) is 0 Å². The topological polar surface area (TPSA) is 35.5 Å². The number of hydrogen-bond donors (Lipinski definition) is 0. The fourth-order valence-corrected chi connectivity index (χ4v) is 1.84. The first-order chi connectivity index (χ1) is 9.55. The van der Waals surface area contributed by atoms with E-state index in [1.807, 2.05) is 0 Å². The molecule has 5 heteroatoms. The van der Waals surface area contributed by atoms with Gasteiger partial charge in [0.2, 0.25) is 0 Å². The summed E-state index contributed by atoms with van der Waals surface area (Å²) in [7, 11) is 2.62. The molecule has 0 unspecified atom stereocenters. The zero-order valence-corrected chi connectivity index (χ0v) is 10.9. The number of carbonyl (C=O) groups excluding carboxylic acids is 1. The Kier molecular flexibility index (Phi) is 3.98. The third-order valence-corrected chi connectivity index (χ3v) is 2.81. The van der Waals surface area contributed by atoms with Crippen LogP contribution in [0.1, 0.15) is 10.4 Å². The highest BCUT2D eigenvalue weighted by atomic mass is 19.1. The van der Waals surface area contributed by atoms with E-state index in [1.54, 1.807) is 6.07 Å². The maximum absolute atomic E-state index is 14.0. The molecule has 0 heterocycles. The molecule has 2 rings (SSSR count). The van der Waals surface area contributed by atoms with Crippen molar-refractivity contribution < 1.29 is 23.0 Å². The maximum atomic E-state index is 14.0. The molecule has 0 saturated heterocycles. The zero-order chi connectivity index (χ0) is 14.7. The van der Waals surface area contributed by atoms with Crippen molar-refractivity contribution in [1.82, 2.24) is 0 Å². The second-order valence-corrected chi connectivity index (χ2v) is 4.07. The Hall–Kier alpha value is -2.43. The van der Waals surface area contributed by atoms with Gasteiger partial charge in [0, 0.05) is 11.6 Å². The Bertz CT molecular complexity index is 654. The van der Waals surface area contributed by atoms with Gasteiger partial charge in [-0.05, 0) is 35.9 Å². The van der Waals surface area contributed by atoms with Crippen molar-refractivity contribution in [3.05, 3.63) is 53.6 Å². The maximum Gasteiger partial charge on any atom is 0.337 e. The molecule has 2 aromatic rings. The van der Waals surface area contributed by atoms with Gasteiger partial charge in [-0.15, -0.1) is 0 Å². The van der Waals surface area contributed by atoms with Crippen molar-refractivity contribution in [1.29, 1.82) is 0 Å². The van der Waals surface area contributed by atoms with Gasteiger partial charge >= 0.3 is 5.97 Å². The van der Waals surface area contributed by atoms with Crippen molar-refractivity contribution in [2.24, 2.45) is 0 Å². The van der Waals surface area contributed by atoms with Crippen LogP contribution in [0.15, 0.2) is 36.4 Å². The largest absolute Gasteiger partial charge is 0.497 e. The lowest BCUT2D eigenvalue weighted by atomic mass is 10.0. The molecule has 0 radical (unpaired) electrons. The molecule has 3 nitrogen and oxygen atoms in total. The normalized spacial score (nSPS) is 10.2. The smallest absolute Gasteiger partial charge is 0.337 e. The molecule has 0 fully saturated rings. The van der Waals surface area contributed by atoms with Gasteiger partial charge in [-0.25, -0.2) is 13.6 Å². The Morgan fingerprint density at radius 1 is 1.05 bits per heavy atom. The van der Waals surface area contributed by atoms with E-state index in [1.165, 1.54) is 32.4 Å². The summed E-state index contributed by atoms with van der Waals surface area (Å²) in [5.74, 6) is -1.53. The number of halogens is 2. The number of benzene rings is 2. The van der Waals surface area contributed by atoms with Crippen LogP contribution in [0, 0.1) is 11.6 Å². The minimum Gasteiger partial charge on any atom is -0.497 e. The molecular weight excluding hydrogens is 266 g/mol.